The molecule has 34 heavy (non-hydrogen) atoms. The Balaban J connectivity index is 1.49. The molecule has 2 aromatic heterocycles. The van der Waals surface area contributed by atoms with Crippen LogP contribution in [0, 0.1) is 0 Å². The van der Waals surface area contributed by atoms with Gasteiger partial charge in [0.05, 0.1) is 27.9 Å². The molecule has 0 aliphatic rings. The maximum atomic E-state index is 12.5. The Morgan fingerprint density at radius 3 is 2.71 bits per heavy atom. The van der Waals surface area contributed by atoms with Crippen LogP contribution in [0.5, 0.6) is 5.75 Å². The zero-order valence-electron chi connectivity index (χ0n) is 18.0. The predicted molar refractivity (Wildman–Crippen MR) is 121 cm³/mol. The zero-order valence-corrected chi connectivity index (χ0v) is 18.8. The normalized spacial score (nSPS) is 11.9. The van der Waals surface area contributed by atoms with Crippen molar-refractivity contribution < 1.29 is 31.8 Å². The molecule has 4 aromatic rings. The molecule has 0 aliphatic heterocycles. The van der Waals surface area contributed by atoms with E-state index in [0.717, 1.165) is 16.9 Å². The van der Waals surface area contributed by atoms with E-state index in [2.05, 4.69) is 20.0 Å². The molecule has 2 heterocycles. The maximum absolute atomic E-state index is 12.5. The SMILES string of the molecule is Cn1c(Nc2nc3ccc(OC(F)(F)F)cc3s2)nc2cc(C(=O)CCCOCCF)ccc21. The number of carbonyl (C=O) groups is 1. The van der Waals surface area contributed by atoms with E-state index in [-0.39, 0.29) is 24.6 Å². The Morgan fingerprint density at radius 2 is 1.94 bits per heavy atom. The van der Waals surface area contributed by atoms with Gasteiger partial charge in [-0.15, -0.1) is 13.2 Å². The van der Waals surface area contributed by atoms with E-state index < -0.39 is 13.0 Å². The third kappa shape index (κ3) is 5.62. The number of carbonyl (C=O) groups excluding carboxylic acids is 1. The first-order valence-corrected chi connectivity index (χ1v) is 11.1. The van der Waals surface area contributed by atoms with E-state index in [4.69, 9.17) is 4.74 Å². The smallest absolute Gasteiger partial charge is 0.406 e. The predicted octanol–water partition coefficient (Wildman–Crippen LogP) is 5.77. The zero-order chi connectivity index (χ0) is 24.3. The van der Waals surface area contributed by atoms with Crippen molar-refractivity contribution >= 4 is 49.4 Å². The van der Waals surface area contributed by atoms with E-state index in [1.165, 1.54) is 18.2 Å². The Labute approximate surface area is 195 Å². The van der Waals surface area contributed by atoms with Gasteiger partial charge < -0.3 is 19.4 Å². The largest absolute Gasteiger partial charge is 0.573 e. The number of thiazole rings is 1. The number of hydrogen-bond acceptors (Lipinski definition) is 7. The van der Waals surface area contributed by atoms with Gasteiger partial charge in [-0.3, -0.25) is 4.79 Å². The van der Waals surface area contributed by atoms with Gasteiger partial charge in [-0.05, 0) is 36.8 Å². The first-order valence-electron chi connectivity index (χ1n) is 10.3. The van der Waals surface area contributed by atoms with Crippen LogP contribution in [0.15, 0.2) is 36.4 Å². The number of hydrogen-bond donors (Lipinski definition) is 1. The van der Waals surface area contributed by atoms with E-state index in [9.17, 15) is 22.4 Å². The van der Waals surface area contributed by atoms with Crippen LogP contribution in [0.4, 0.5) is 28.6 Å². The number of nitrogens with one attached hydrogen (secondary N) is 1. The summed E-state index contributed by atoms with van der Waals surface area (Å²) in [6.45, 7) is -0.201. The van der Waals surface area contributed by atoms with Crippen LogP contribution in [0.3, 0.4) is 0 Å². The Morgan fingerprint density at radius 1 is 1.12 bits per heavy atom. The molecular formula is C22H20F4N4O3S. The molecule has 0 fully saturated rings. The van der Waals surface area contributed by atoms with Gasteiger partial charge in [-0.2, -0.15) is 0 Å². The number of ether oxygens (including phenoxy) is 2. The first kappa shape index (κ1) is 23.9. The van der Waals surface area contributed by atoms with Gasteiger partial charge >= 0.3 is 6.36 Å². The maximum Gasteiger partial charge on any atom is 0.573 e. The van der Waals surface area contributed by atoms with Crippen LogP contribution in [-0.4, -0.2) is 46.6 Å². The second-order valence-electron chi connectivity index (χ2n) is 7.35. The summed E-state index contributed by atoms with van der Waals surface area (Å²) in [4.78, 5) is 21.4. The van der Waals surface area contributed by atoms with Gasteiger partial charge in [0, 0.05) is 31.7 Å². The molecule has 0 aliphatic carbocycles. The van der Waals surface area contributed by atoms with Crippen LogP contribution in [0.2, 0.25) is 0 Å². The van der Waals surface area contributed by atoms with Gasteiger partial charge in [-0.1, -0.05) is 11.3 Å². The number of Topliss-reactive ketones (excluding diaryl/α,β-unsaturated/α-hetero) is 1. The van der Waals surface area contributed by atoms with Crippen LogP contribution in [-0.2, 0) is 11.8 Å². The highest BCUT2D eigenvalue weighted by Gasteiger charge is 2.31. The molecule has 0 saturated carbocycles. The number of ketones is 1. The summed E-state index contributed by atoms with van der Waals surface area (Å²) in [5.41, 5.74) is 2.42. The number of fused-ring (bicyclic) bond motifs is 2. The second kappa shape index (κ2) is 9.94. The van der Waals surface area contributed by atoms with Crippen molar-refractivity contribution in [1.29, 1.82) is 0 Å². The second-order valence-corrected chi connectivity index (χ2v) is 8.38. The lowest BCUT2D eigenvalue weighted by molar-refractivity contribution is -0.274. The van der Waals surface area contributed by atoms with Crippen LogP contribution in [0.25, 0.3) is 21.3 Å². The van der Waals surface area contributed by atoms with Crippen molar-refractivity contribution in [3.05, 3.63) is 42.0 Å². The highest BCUT2D eigenvalue weighted by Crippen LogP contribution is 2.33. The number of halogens is 4. The molecule has 0 amide bonds. The number of aromatic nitrogens is 3. The van der Waals surface area contributed by atoms with Crippen molar-refractivity contribution in [2.75, 3.05) is 25.2 Å². The number of nitrogens with zero attached hydrogens (tertiary/aromatic N) is 3. The number of aryl methyl sites for hydroxylation is 1. The fraction of sp³-hybridized carbons (Fsp3) is 0.318. The third-order valence-electron chi connectivity index (χ3n) is 4.93. The van der Waals surface area contributed by atoms with Gasteiger partial charge in [0.15, 0.2) is 10.9 Å². The molecule has 0 atom stereocenters. The summed E-state index contributed by atoms with van der Waals surface area (Å²) in [6.07, 6.45) is -3.99. The molecule has 1 N–H and O–H groups in total. The van der Waals surface area contributed by atoms with Crippen molar-refractivity contribution in [2.24, 2.45) is 7.05 Å². The minimum absolute atomic E-state index is 0.0288. The highest BCUT2D eigenvalue weighted by molar-refractivity contribution is 7.22. The molecule has 180 valence electrons. The Kier molecular flexibility index (Phi) is 6.98. The third-order valence-corrected chi connectivity index (χ3v) is 5.86. The summed E-state index contributed by atoms with van der Waals surface area (Å²) in [6, 6.07) is 9.15. The topological polar surface area (TPSA) is 78.3 Å². The van der Waals surface area contributed by atoms with Gasteiger partial charge in [0.25, 0.3) is 0 Å². The fourth-order valence-electron chi connectivity index (χ4n) is 3.37. The highest BCUT2D eigenvalue weighted by atomic mass is 32.1. The minimum Gasteiger partial charge on any atom is -0.406 e. The molecule has 0 bridgehead atoms. The standard InChI is InChI=1S/C22H20F4N4O3S/c1-30-17-7-4-13(18(31)3-2-9-32-10-8-23)11-16(17)27-20(30)29-21-28-15-6-5-14(12-19(15)34-21)33-22(24,25)26/h4-7,11-12H,2-3,8-10H2,1H3,(H,27,28,29). The summed E-state index contributed by atoms with van der Waals surface area (Å²) in [5, 5.41) is 3.53. The quantitative estimate of drug-likeness (QED) is 0.171. The fourth-order valence-corrected chi connectivity index (χ4v) is 4.26. The van der Waals surface area contributed by atoms with Crippen LogP contribution in [0.1, 0.15) is 23.2 Å². The van der Waals surface area contributed by atoms with E-state index in [0.29, 0.717) is 45.4 Å². The number of alkyl halides is 4. The monoisotopic (exact) mass is 496 g/mol. The summed E-state index contributed by atoms with van der Waals surface area (Å²) >= 11 is 1.16. The molecule has 0 saturated heterocycles. The average Bonchev–Trinajstić information content (AvgIpc) is 3.32. The summed E-state index contributed by atoms with van der Waals surface area (Å²) in [5.74, 6) is 0.0862. The molecule has 0 spiro atoms. The molecule has 2 aromatic carbocycles. The number of imidazole rings is 1. The van der Waals surface area contributed by atoms with E-state index >= 15 is 0 Å². The summed E-state index contributed by atoms with van der Waals surface area (Å²) < 4.78 is 60.8. The number of rotatable bonds is 10. The van der Waals surface area contributed by atoms with Crippen molar-refractivity contribution in [2.45, 2.75) is 19.2 Å². The number of benzene rings is 2. The molecule has 0 radical (unpaired) electrons. The number of anilines is 2. The lowest BCUT2D eigenvalue weighted by Gasteiger charge is -2.07. The lowest BCUT2D eigenvalue weighted by Crippen LogP contribution is -2.16. The first-order chi connectivity index (χ1) is 16.2. The van der Waals surface area contributed by atoms with Crippen LogP contribution >= 0.6 is 11.3 Å². The van der Waals surface area contributed by atoms with E-state index in [1.807, 2.05) is 0 Å². The van der Waals surface area contributed by atoms with Crippen molar-refractivity contribution in [3.8, 4) is 5.75 Å². The Bertz CT molecular complexity index is 1320. The lowest BCUT2D eigenvalue weighted by atomic mass is 10.1. The average molecular weight is 496 g/mol. The van der Waals surface area contributed by atoms with Gasteiger partial charge in [0.2, 0.25) is 5.95 Å². The Hall–Kier alpha value is -3.25. The molecule has 7 nitrogen and oxygen atoms in total. The minimum atomic E-state index is -4.77. The van der Waals surface area contributed by atoms with Crippen LogP contribution < -0.4 is 10.1 Å². The molecule has 12 heteroatoms. The van der Waals surface area contributed by atoms with Crippen molar-refractivity contribution in [3.63, 3.8) is 0 Å². The van der Waals surface area contributed by atoms with Gasteiger partial charge in [0.1, 0.15) is 12.4 Å². The van der Waals surface area contributed by atoms with Crippen molar-refractivity contribution in [1.82, 2.24) is 14.5 Å². The molecule has 4 rings (SSSR count). The molecular weight excluding hydrogens is 476 g/mol. The summed E-state index contributed by atoms with van der Waals surface area (Å²) in [7, 11) is 1.80. The van der Waals surface area contributed by atoms with Gasteiger partial charge in [-0.25, -0.2) is 14.4 Å². The molecule has 0 unspecified atom stereocenters. The van der Waals surface area contributed by atoms with E-state index in [1.54, 1.807) is 29.8 Å².